The molecule has 7 nitrogen and oxygen atoms in total. The van der Waals surface area contributed by atoms with Crippen LogP contribution in [0, 0.1) is 11.8 Å². The summed E-state index contributed by atoms with van der Waals surface area (Å²) in [7, 11) is 0. The van der Waals surface area contributed by atoms with E-state index in [-0.39, 0.29) is 34.7 Å². The van der Waals surface area contributed by atoms with E-state index in [1.807, 2.05) is 25.7 Å². The quantitative estimate of drug-likeness (QED) is 0.553. The molecule has 0 aromatic heterocycles. The topological polar surface area (TPSA) is 81.8 Å². The van der Waals surface area contributed by atoms with Gasteiger partial charge in [0, 0.05) is 31.6 Å². The number of hydrogen-bond acceptors (Lipinski definition) is 3. The summed E-state index contributed by atoms with van der Waals surface area (Å²) in [6, 6.07) is 3.73. The molecule has 0 spiro atoms. The first kappa shape index (κ1) is 26.6. The summed E-state index contributed by atoms with van der Waals surface area (Å²) in [6.07, 6.45) is 6.11. The summed E-state index contributed by atoms with van der Waals surface area (Å²) >= 11 is 12.2. The molecule has 1 saturated heterocycles. The van der Waals surface area contributed by atoms with Gasteiger partial charge in [-0.05, 0) is 37.8 Å². The van der Waals surface area contributed by atoms with Crippen molar-refractivity contribution in [3.05, 3.63) is 28.2 Å². The van der Waals surface area contributed by atoms with E-state index in [9.17, 15) is 14.4 Å². The normalized spacial score (nSPS) is 21.0. The van der Waals surface area contributed by atoms with Crippen LogP contribution in [0.15, 0.2) is 18.2 Å². The van der Waals surface area contributed by atoms with Crippen molar-refractivity contribution in [1.29, 1.82) is 0 Å². The molecule has 0 bridgehead atoms. The molecule has 3 atom stereocenters. The Kier molecular flexibility index (Phi) is 9.48. The summed E-state index contributed by atoms with van der Waals surface area (Å²) in [4.78, 5) is 42.9. The van der Waals surface area contributed by atoms with Crippen molar-refractivity contribution in [1.82, 2.24) is 15.1 Å². The van der Waals surface area contributed by atoms with Crippen molar-refractivity contribution in [3.8, 4) is 0 Å². The third-order valence-electron chi connectivity index (χ3n) is 7.14. The molecule has 188 valence electrons. The minimum atomic E-state index is -0.684. The van der Waals surface area contributed by atoms with Crippen molar-refractivity contribution < 1.29 is 14.4 Å². The van der Waals surface area contributed by atoms with E-state index in [0.717, 1.165) is 32.1 Å². The Morgan fingerprint density at radius 2 is 1.82 bits per heavy atom. The van der Waals surface area contributed by atoms with E-state index in [4.69, 9.17) is 23.2 Å². The molecule has 1 heterocycles. The SMILES string of the molecule is CCC(C)C(NC(=O)Nc1cccc(Cl)c1Cl)C(=O)N1CCN(C(=O)C2CCCCC2)C(C)C1. The molecule has 0 radical (unpaired) electrons. The van der Waals surface area contributed by atoms with Crippen molar-refractivity contribution in [3.63, 3.8) is 0 Å². The minimum Gasteiger partial charge on any atom is -0.337 e. The van der Waals surface area contributed by atoms with Gasteiger partial charge in [0.05, 0.1) is 15.7 Å². The lowest BCUT2D eigenvalue weighted by Crippen LogP contribution is -2.61. The van der Waals surface area contributed by atoms with Gasteiger partial charge in [-0.25, -0.2) is 4.79 Å². The molecule has 2 N–H and O–H groups in total. The third-order valence-corrected chi connectivity index (χ3v) is 7.96. The molecule has 34 heavy (non-hydrogen) atoms. The number of halogens is 2. The standard InChI is InChI=1S/C25H36Cl2N4O3/c1-4-16(2)22(29-25(34)28-20-12-8-11-19(26)21(20)27)24(33)30-13-14-31(17(3)15-30)23(32)18-9-6-5-7-10-18/h8,11-12,16-18,22H,4-7,9-10,13-15H2,1-3H3,(H2,28,29,34). The van der Waals surface area contributed by atoms with Gasteiger partial charge < -0.3 is 20.4 Å². The van der Waals surface area contributed by atoms with Crippen LogP contribution in [0.5, 0.6) is 0 Å². The second kappa shape index (κ2) is 12.1. The van der Waals surface area contributed by atoms with Gasteiger partial charge in [-0.3, -0.25) is 9.59 Å². The van der Waals surface area contributed by atoms with Crippen LogP contribution in [0.4, 0.5) is 10.5 Å². The molecular weight excluding hydrogens is 475 g/mol. The lowest BCUT2D eigenvalue weighted by Gasteiger charge is -2.43. The third kappa shape index (κ3) is 6.36. The minimum absolute atomic E-state index is 0.0520. The van der Waals surface area contributed by atoms with Crippen LogP contribution in [0.3, 0.4) is 0 Å². The fourth-order valence-electron chi connectivity index (χ4n) is 4.85. The van der Waals surface area contributed by atoms with Crippen LogP contribution >= 0.6 is 23.2 Å². The lowest BCUT2D eigenvalue weighted by atomic mass is 9.87. The number of benzene rings is 1. The highest BCUT2D eigenvalue weighted by atomic mass is 35.5. The zero-order valence-corrected chi connectivity index (χ0v) is 21.8. The van der Waals surface area contributed by atoms with E-state index in [1.165, 1.54) is 6.42 Å². The molecule has 2 fully saturated rings. The van der Waals surface area contributed by atoms with Crippen LogP contribution in [0.25, 0.3) is 0 Å². The Hall–Kier alpha value is -1.99. The average Bonchev–Trinajstić information content (AvgIpc) is 2.84. The molecule has 1 aromatic rings. The van der Waals surface area contributed by atoms with E-state index in [1.54, 1.807) is 23.1 Å². The Morgan fingerprint density at radius 1 is 1.12 bits per heavy atom. The van der Waals surface area contributed by atoms with Crippen LogP contribution in [-0.2, 0) is 9.59 Å². The van der Waals surface area contributed by atoms with Crippen LogP contribution in [-0.4, -0.2) is 59.4 Å². The number of carbonyl (C=O) groups is 3. The van der Waals surface area contributed by atoms with Crippen molar-refractivity contribution in [2.75, 3.05) is 25.0 Å². The second-order valence-electron chi connectivity index (χ2n) is 9.56. The monoisotopic (exact) mass is 510 g/mol. The molecule has 1 aromatic carbocycles. The Bertz CT molecular complexity index is 891. The lowest BCUT2D eigenvalue weighted by molar-refractivity contribution is -0.147. The predicted molar refractivity (Wildman–Crippen MR) is 136 cm³/mol. The van der Waals surface area contributed by atoms with Gasteiger partial charge in [0.1, 0.15) is 6.04 Å². The average molecular weight is 511 g/mol. The van der Waals surface area contributed by atoms with Crippen molar-refractivity contribution in [2.45, 2.75) is 71.4 Å². The van der Waals surface area contributed by atoms with Crippen LogP contribution in [0.2, 0.25) is 10.0 Å². The Balaban J connectivity index is 1.63. The summed E-state index contributed by atoms with van der Waals surface area (Å²) in [6.45, 7) is 7.40. The first-order valence-corrected chi connectivity index (χ1v) is 13.1. The highest BCUT2D eigenvalue weighted by molar-refractivity contribution is 6.43. The molecule has 1 aliphatic heterocycles. The maximum absolute atomic E-state index is 13.5. The first-order valence-electron chi connectivity index (χ1n) is 12.3. The fourth-order valence-corrected chi connectivity index (χ4v) is 5.20. The van der Waals surface area contributed by atoms with Gasteiger partial charge >= 0.3 is 6.03 Å². The number of nitrogens with one attached hydrogen (secondary N) is 2. The highest BCUT2D eigenvalue weighted by Gasteiger charge is 2.37. The number of hydrogen-bond donors (Lipinski definition) is 2. The van der Waals surface area contributed by atoms with Gasteiger partial charge in [-0.1, -0.05) is 68.8 Å². The number of nitrogens with zero attached hydrogens (tertiary/aromatic N) is 2. The van der Waals surface area contributed by atoms with E-state index >= 15 is 0 Å². The zero-order chi connectivity index (χ0) is 24.8. The second-order valence-corrected chi connectivity index (χ2v) is 10.3. The number of piperazine rings is 1. The van der Waals surface area contributed by atoms with Gasteiger partial charge in [0.25, 0.3) is 0 Å². The van der Waals surface area contributed by atoms with Gasteiger partial charge in [0.15, 0.2) is 0 Å². The zero-order valence-electron chi connectivity index (χ0n) is 20.3. The maximum atomic E-state index is 13.5. The predicted octanol–water partition coefficient (Wildman–Crippen LogP) is 5.17. The van der Waals surface area contributed by atoms with Gasteiger partial charge in [0.2, 0.25) is 11.8 Å². The number of anilines is 1. The molecule has 1 saturated carbocycles. The molecule has 1 aliphatic carbocycles. The largest absolute Gasteiger partial charge is 0.337 e. The number of urea groups is 1. The molecule has 9 heteroatoms. The Morgan fingerprint density at radius 3 is 2.47 bits per heavy atom. The van der Waals surface area contributed by atoms with Gasteiger partial charge in [-0.2, -0.15) is 0 Å². The van der Waals surface area contributed by atoms with Crippen molar-refractivity contribution in [2.24, 2.45) is 11.8 Å². The summed E-state index contributed by atoms with van der Waals surface area (Å²) in [5, 5.41) is 6.12. The first-order chi connectivity index (χ1) is 16.2. The maximum Gasteiger partial charge on any atom is 0.319 e. The number of amides is 4. The molecule has 2 aliphatic rings. The van der Waals surface area contributed by atoms with Crippen molar-refractivity contribution >= 4 is 46.7 Å². The molecule has 3 rings (SSSR count). The number of carbonyl (C=O) groups excluding carboxylic acids is 3. The summed E-state index contributed by atoms with van der Waals surface area (Å²) < 4.78 is 0. The van der Waals surface area contributed by atoms with Gasteiger partial charge in [-0.15, -0.1) is 0 Å². The smallest absolute Gasteiger partial charge is 0.319 e. The summed E-state index contributed by atoms with van der Waals surface area (Å²) in [5.41, 5.74) is 0.380. The fraction of sp³-hybridized carbons (Fsp3) is 0.640. The summed E-state index contributed by atoms with van der Waals surface area (Å²) in [5.74, 6) is 0.160. The highest BCUT2D eigenvalue weighted by Crippen LogP contribution is 2.30. The van der Waals surface area contributed by atoms with E-state index < -0.39 is 12.1 Å². The van der Waals surface area contributed by atoms with E-state index in [2.05, 4.69) is 10.6 Å². The van der Waals surface area contributed by atoms with Crippen LogP contribution < -0.4 is 10.6 Å². The van der Waals surface area contributed by atoms with E-state index in [0.29, 0.717) is 30.3 Å². The molecule has 4 amide bonds. The van der Waals surface area contributed by atoms with Crippen LogP contribution in [0.1, 0.15) is 59.3 Å². The molecular formula is C25H36Cl2N4O3. The molecule has 3 unspecified atom stereocenters. The number of rotatable bonds is 6. The Labute approximate surface area is 212 Å².